The van der Waals surface area contributed by atoms with Crippen molar-refractivity contribution in [1.82, 2.24) is 9.97 Å². The van der Waals surface area contributed by atoms with Crippen LogP contribution in [0.4, 0.5) is 5.82 Å². The summed E-state index contributed by atoms with van der Waals surface area (Å²) in [6.45, 7) is 6.67. The van der Waals surface area contributed by atoms with E-state index in [4.69, 9.17) is 16.7 Å². The Kier molecular flexibility index (Phi) is 4.96. The van der Waals surface area contributed by atoms with Gasteiger partial charge in [-0.1, -0.05) is 25.4 Å². The third-order valence-electron chi connectivity index (χ3n) is 2.38. The number of halogens is 1. The number of aryl methyl sites for hydroxylation is 1. The van der Waals surface area contributed by atoms with E-state index in [1.165, 1.54) is 0 Å². The summed E-state index contributed by atoms with van der Waals surface area (Å²) in [6.07, 6.45) is 0.754. The van der Waals surface area contributed by atoms with Crippen LogP contribution in [0, 0.1) is 12.8 Å². The highest BCUT2D eigenvalue weighted by atomic mass is 35.5. The van der Waals surface area contributed by atoms with Gasteiger partial charge in [-0.2, -0.15) is 0 Å². The molecule has 1 aromatic heterocycles. The molecule has 0 fully saturated rings. The summed E-state index contributed by atoms with van der Waals surface area (Å²) in [5.41, 5.74) is 0.851. The number of nitrogens with zero attached hydrogens (tertiary/aromatic N) is 2. The van der Waals surface area contributed by atoms with Gasteiger partial charge in [0.1, 0.15) is 16.8 Å². The van der Waals surface area contributed by atoms with Gasteiger partial charge in [-0.3, -0.25) is 0 Å². The highest BCUT2D eigenvalue weighted by Gasteiger charge is 2.09. The van der Waals surface area contributed by atoms with Gasteiger partial charge in [-0.05, 0) is 12.8 Å². The molecule has 0 saturated carbocycles. The van der Waals surface area contributed by atoms with E-state index < -0.39 is 0 Å². The number of hydrogen-bond donors (Lipinski definition) is 2. The lowest BCUT2D eigenvalue weighted by Gasteiger charge is -2.13. The molecule has 0 saturated heterocycles. The van der Waals surface area contributed by atoms with Crippen LogP contribution in [0.15, 0.2) is 0 Å². The highest BCUT2D eigenvalue weighted by molar-refractivity contribution is 6.30. The predicted molar refractivity (Wildman–Crippen MR) is 65.9 cm³/mol. The maximum absolute atomic E-state index is 8.94. The summed E-state index contributed by atoms with van der Waals surface area (Å²) >= 11 is 6.01. The van der Waals surface area contributed by atoms with E-state index in [1.807, 2.05) is 20.8 Å². The average Bonchev–Trinajstić information content (AvgIpc) is 2.30. The molecule has 90 valence electrons. The Morgan fingerprint density at radius 3 is 2.69 bits per heavy atom. The van der Waals surface area contributed by atoms with Gasteiger partial charge in [0.2, 0.25) is 0 Å². The first-order chi connectivity index (χ1) is 7.58. The molecule has 0 bridgehead atoms. The molecule has 1 unspecified atom stereocenters. The normalized spacial score (nSPS) is 12.6. The van der Waals surface area contributed by atoms with Crippen molar-refractivity contribution in [3.63, 3.8) is 0 Å². The maximum atomic E-state index is 8.94. The Morgan fingerprint density at radius 2 is 2.12 bits per heavy atom. The summed E-state index contributed by atoms with van der Waals surface area (Å²) in [5, 5.41) is 12.6. The fraction of sp³-hybridized carbons (Fsp3) is 0.636. The van der Waals surface area contributed by atoms with Crippen molar-refractivity contribution >= 4 is 17.4 Å². The third-order valence-corrected chi connectivity index (χ3v) is 2.75. The van der Waals surface area contributed by atoms with Gasteiger partial charge in [-0.15, -0.1) is 0 Å². The van der Waals surface area contributed by atoms with Crippen LogP contribution in [0.25, 0.3) is 0 Å². The maximum Gasteiger partial charge on any atom is 0.137 e. The molecule has 16 heavy (non-hydrogen) atoms. The largest absolute Gasteiger partial charge is 0.396 e. The van der Waals surface area contributed by atoms with Crippen molar-refractivity contribution in [3.05, 3.63) is 16.5 Å². The lowest BCUT2D eigenvalue weighted by atomic mass is 10.2. The van der Waals surface area contributed by atoms with E-state index >= 15 is 0 Å². The van der Waals surface area contributed by atoms with E-state index in [2.05, 4.69) is 15.3 Å². The topological polar surface area (TPSA) is 58.0 Å². The van der Waals surface area contributed by atoms with Gasteiger partial charge in [0.15, 0.2) is 0 Å². The molecule has 1 atom stereocenters. The van der Waals surface area contributed by atoms with Crippen LogP contribution in [-0.2, 0) is 6.42 Å². The van der Waals surface area contributed by atoms with Crippen LogP contribution < -0.4 is 5.32 Å². The van der Waals surface area contributed by atoms with E-state index in [-0.39, 0.29) is 12.5 Å². The first-order valence-electron chi connectivity index (χ1n) is 5.46. The van der Waals surface area contributed by atoms with E-state index in [0.717, 1.165) is 23.6 Å². The molecule has 0 spiro atoms. The number of aliphatic hydroxyl groups excluding tert-OH is 1. The number of hydrogen-bond acceptors (Lipinski definition) is 4. The second-order valence-electron chi connectivity index (χ2n) is 3.93. The van der Waals surface area contributed by atoms with Gasteiger partial charge in [0, 0.05) is 25.1 Å². The van der Waals surface area contributed by atoms with Crippen molar-refractivity contribution in [1.29, 1.82) is 0 Å². The predicted octanol–water partition coefficient (Wildman–Crippen LogP) is 2.04. The quantitative estimate of drug-likeness (QED) is 0.777. The van der Waals surface area contributed by atoms with Crippen molar-refractivity contribution in [2.75, 3.05) is 18.5 Å². The number of nitrogens with one attached hydrogen (secondary N) is 1. The van der Waals surface area contributed by atoms with Crippen molar-refractivity contribution in [2.45, 2.75) is 27.2 Å². The average molecular weight is 244 g/mol. The van der Waals surface area contributed by atoms with Crippen LogP contribution in [-0.4, -0.2) is 28.2 Å². The minimum atomic E-state index is 0.158. The van der Waals surface area contributed by atoms with Gasteiger partial charge in [-0.25, -0.2) is 9.97 Å². The Hall–Kier alpha value is -0.870. The molecule has 5 heteroatoms. The van der Waals surface area contributed by atoms with Crippen molar-refractivity contribution in [3.8, 4) is 0 Å². The second kappa shape index (κ2) is 6.01. The van der Waals surface area contributed by atoms with Crippen LogP contribution in [0.5, 0.6) is 0 Å². The minimum absolute atomic E-state index is 0.158. The SMILES string of the molecule is CCc1nc(Cl)c(C)c(NCC(C)CO)n1. The first-order valence-corrected chi connectivity index (χ1v) is 5.84. The molecule has 0 aromatic carbocycles. The summed E-state index contributed by atoms with van der Waals surface area (Å²) in [7, 11) is 0. The Morgan fingerprint density at radius 1 is 1.44 bits per heavy atom. The molecule has 1 aromatic rings. The molecular weight excluding hydrogens is 226 g/mol. The zero-order valence-electron chi connectivity index (χ0n) is 9.92. The molecular formula is C11H18ClN3O. The van der Waals surface area contributed by atoms with Crippen LogP contribution in [0.1, 0.15) is 25.2 Å². The van der Waals surface area contributed by atoms with Gasteiger partial charge < -0.3 is 10.4 Å². The minimum Gasteiger partial charge on any atom is -0.396 e. The Labute approximate surface area is 101 Å². The van der Waals surface area contributed by atoms with Crippen molar-refractivity contribution < 1.29 is 5.11 Å². The Balaban J connectivity index is 2.82. The zero-order chi connectivity index (χ0) is 12.1. The van der Waals surface area contributed by atoms with Crippen molar-refractivity contribution in [2.24, 2.45) is 5.92 Å². The second-order valence-corrected chi connectivity index (χ2v) is 4.28. The fourth-order valence-corrected chi connectivity index (χ4v) is 1.39. The van der Waals surface area contributed by atoms with Gasteiger partial charge in [0.05, 0.1) is 0 Å². The lowest BCUT2D eigenvalue weighted by Crippen LogP contribution is -2.16. The first kappa shape index (κ1) is 13.2. The van der Waals surface area contributed by atoms with Crippen LogP contribution >= 0.6 is 11.6 Å². The molecule has 0 amide bonds. The summed E-state index contributed by atoms with van der Waals surface area (Å²) < 4.78 is 0. The number of aromatic nitrogens is 2. The van der Waals surface area contributed by atoms with E-state index in [9.17, 15) is 0 Å². The van der Waals surface area contributed by atoms with Gasteiger partial charge >= 0.3 is 0 Å². The molecule has 0 radical (unpaired) electrons. The van der Waals surface area contributed by atoms with E-state index in [1.54, 1.807) is 0 Å². The van der Waals surface area contributed by atoms with Crippen LogP contribution in [0.2, 0.25) is 5.15 Å². The monoisotopic (exact) mass is 243 g/mol. The zero-order valence-corrected chi connectivity index (χ0v) is 10.7. The van der Waals surface area contributed by atoms with E-state index in [0.29, 0.717) is 11.7 Å². The Bertz CT molecular complexity index is 357. The molecule has 1 rings (SSSR count). The fourth-order valence-electron chi connectivity index (χ4n) is 1.20. The smallest absolute Gasteiger partial charge is 0.137 e. The molecule has 0 aliphatic rings. The highest BCUT2D eigenvalue weighted by Crippen LogP contribution is 2.20. The van der Waals surface area contributed by atoms with Gasteiger partial charge in [0.25, 0.3) is 0 Å². The number of anilines is 1. The van der Waals surface area contributed by atoms with Crippen LogP contribution in [0.3, 0.4) is 0 Å². The number of rotatable bonds is 5. The standard InChI is InChI=1S/C11H18ClN3O/c1-4-9-14-10(12)8(3)11(15-9)13-5-7(2)6-16/h7,16H,4-6H2,1-3H3,(H,13,14,15). The summed E-state index contributed by atoms with van der Waals surface area (Å²) in [6, 6.07) is 0. The molecule has 4 nitrogen and oxygen atoms in total. The third kappa shape index (κ3) is 3.32. The number of aliphatic hydroxyl groups is 1. The lowest BCUT2D eigenvalue weighted by molar-refractivity contribution is 0.244. The molecule has 0 aliphatic heterocycles. The summed E-state index contributed by atoms with van der Waals surface area (Å²) in [4.78, 5) is 8.53. The summed E-state index contributed by atoms with van der Waals surface area (Å²) in [5.74, 6) is 1.69. The molecule has 1 heterocycles. The molecule has 2 N–H and O–H groups in total. The molecule has 0 aliphatic carbocycles.